The van der Waals surface area contributed by atoms with Gasteiger partial charge in [0.05, 0.1) is 12.1 Å². The average molecular weight is 492 g/mol. The zero-order valence-corrected chi connectivity index (χ0v) is 19.1. The lowest BCUT2D eigenvalue weighted by atomic mass is 10.1. The number of para-hydroxylation sites is 1. The van der Waals surface area contributed by atoms with Crippen molar-refractivity contribution in [3.8, 4) is 0 Å². The van der Waals surface area contributed by atoms with E-state index in [1.54, 1.807) is 0 Å². The van der Waals surface area contributed by atoms with E-state index in [4.69, 9.17) is 9.98 Å². The highest BCUT2D eigenvalue weighted by Crippen LogP contribution is 2.22. The number of hydrogen-bond donors (Lipinski definition) is 2. The molecule has 0 atom stereocenters. The molecule has 2 aromatic heterocycles. The van der Waals surface area contributed by atoms with Crippen LogP contribution in [-0.4, -0.2) is 42.7 Å². The molecule has 2 N–H and O–H groups in total. The van der Waals surface area contributed by atoms with Gasteiger partial charge in [-0.3, -0.25) is 0 Å². The Hall–Kier alpha value is -2.29. The number of anilines is 1. The van der Waals surface area contributed by atoms with Gasteiger partial charge in [0.2, 0.25) is 0 Å². The fourth-order valence-electron chi connectivity index (χ4n) is 2.92. The molecule has 150 valence electrons. The SMILES string of the molecule is CCNC(=NCc1cc(N(C)C)nc2ccccc12)NCCn1cccc1.I. The van der Waals surface area contributed by atoms with Gasteiger partial charge in [0.1, 0.15) is 5.82 Å². The van der Waals surface area contributed by atoms with Crippen molar-refractivity contribution in [1.82, 2.24) is 20.2 Å². The minimum Gasteiger partial charge on any atom is -0.363 e. The van der Waals surface area contributed by atoms with Crippen LogP contribution in [0.5, 0.6) is 0 Å². The number of nitrogens with zero attached hydrogens (tertiary/aromatic N) is 4. The molecule has 0 unspecified atom stereocenters. The largest absolute Gasteiger partial charge is 0.363 e. The summed E-state index contributed by atoms with van der Waals surface area (Å²) in [5.41, 5.74) is 2.17. The van der Waals surface area contributed by atoms with Gasteiger partial charge in [-0.1, -0.05) is 18.2 Å². The summed E-state index contributed by atoms with van der Waals surface area (Å²) in [5, 5.41) is 7.88. The van der Waals surface area contributed by atoms with Gasteiger partial charge >= 0.3 is 0 Å². The first-order valence-electron chi connectivity index (χ1n) is 9.36. The van der Waals surface area contributed by atoms with Gasteiger partial charge in [0, 0.05) is 51.5 Å². The van der Waals surface area contributed by atoms with Crippen LogP contribution in [0, 0.1) is 0 Å². The van der Waals surface area contributed by atoms with Crippen molar-refractivity contribution in [2.75, 3.05) is 32.1 Å². The smallest absolute Gasteiger partial charge is 0.191 e. The van der Waals surface area contributed by atoms with Gasteiger partial charge < -0.3 is 20.1 Å². The number of halogens is 1. The van der Waals surface area contributed by atoms with E-state index in [0.717, 1.165) is 42.3 Å². The number of rotatable bonds is 7. The summed E-state index contributed by atoms with van der Waals surface area (Å²) in [4.78, 5) is 11.5. The summed E-state index contributed by atoms with van der Waals surface area (Å²) in [6.45, 7) is 5.23. The topological polar surface area (TPSA) is 57.5 Å². The van der Waals surface area contributed by atoms with Gasteiger partial charge in [-0.2, -0.15) is 0 Å². The van der Waals surface area contributed by atoms with Crippen LogP contribution in [0.1, 0.15) is 12.5 Å². The summed E-state index contributed by atoms with van der Waals surface area (Å²) in [6, 6.07) is 14.4. The Labute approximate surface area is 184 Å². The van der Waals surface area contributed by atoms with Crippen LogP contribution in [0.3, 0.4) is 0 Å². The second-order valence-electron chi connectivity index (χ2n) is 6.59. The lowest BCUT2D eigenvalue weighted by molar-refractivity contribution is 0.666. The Morgan fingerprint density at radius 1 is 1.11 bits per heavy atom. The third-order valence-corrected chi connectivity index (χ3v) is 4.33. The van der Waals surface area contributed by atoms with E-state index >= 15 is 0 Å². The standard InChI is InChI=1S/C21H28N6.HI/c1-4-22-21(23-11-14-27-12-7-8-13-27)24-16-17-15-20(26(2)3)25-19-10-6-5-9-18(17)19;/h5-10,12-13,15H,4,11,14,16H2,1-3H3,(H2,22,23,24);1H. The molecular formula is C21H29IN6. The molecule has 2 heterocycles. The Bertz CT molecular complexity index is 889. The first-order chi connectivity index (χ1) is 13.2. The molecule has 7 heteroatoms. The normalized spacial score (nSPS) is 11.2. The summed E-state index contributed by atoms with van der Waals surface area (Å²) >= 11 is 0. The quantitative estimate of drug-likeness (QED) is 0.301. The van der Waals surface area contributed by atoms with E-state index < -0.39 is 0 Å². The van der Waals surface area contributed by atoms with Gasteiger partial charge in [0.25, 0.3) is 0 Å². The molecule has 0 saturated carbocycles. The first-order valence-corrected chi connectivity index (χ1v) is 9.36. The third-order valence-electron chi connectivity index (χ3n) is 4.33. The van der Waals surface area contributed by atoms with Gasteiger partial charge in [-0.25, -0.2) is 9.98 Å². The van der Waals surface area contributed by atoms with Crippen molar-refractivity contribution in [3.05, 3.63) is 60.4 Å². The molecular weight excluding hydrogens is 463 g/mol. The molecule has 0 aliphatic rings. The molecule has 0 radical (unpaired) electrons. The second-order valence-corrected chi connectivity index (χ2v) is 6.59. The first kappa shape index (κ1) is 22.0. The van der Waals surface area contributed by atoms with Crippen molar-refractivity contribution in [3.63, 3.8) is 0 Å². The molecule has 28 heavy (non-hydrogen) atoms. The van der Waals surface area contributed by atoms with E-state index in [9.17, 15) is 0 Å². The van der Waals surface area contributed by atoms with Crippen LogP contribution in [0.25, 0.3) is 10.9 Å². The fourth-order valence-corrected chi connectivity index (χ4v) is 2.92. The molecule has 0 aliphatic carbocycles. The highest BCUT2D eigenvalue weighted by atomic mass is 127. The average Bonchev–Trinajstić information content (AvgIpc) is 3.19. The predicted octanol–water partition coefficient (Wildman–Crippen LogP) is 3.48. The molecule has 3 aromatic rings. The lowest BCUT2D eigenvalue weighted by Crippen LogP contribution is -2.38. The summed E-state index contributed by atoms with van der Waals surface area (Å²) in [6.07, 6.45) is 4.13. The zero-order chi connectivity index (χ0) is 19.1. The Kier molecular flexibility index (Phi) is 8.56. The minimum atomic E-state index is 0. The number of aromatic nitrogens is 2. The number of fused-ring (bicyclic) bond motifs is 1. The zero-order valence-electron chi connectivity index (χ0n) is 16.7. The second kappa shape index (κ2) is 10.9. The van der Waals surface area contributed by atoms with Crippen molar-refractivity contribution in [2.45, 2.75) is 20.0 Å². The molecule has 0 saturated heterocycles. The van der Waals surface area contributed by atoms with Gasteiger partial charge in [-0.05, 0) is 36.8 Å². The molecule has 0 fully saturated rings. The number of aliphatic imine (C=N–C) groups is 1. The molecule has 0 aliphatic heterocycles. The van der Waals surface area contributed by atoms with Crippen LogP contribution in [-0.2, 0) is 13.1 Å². The van der Waals surface area contributed by atoms with Crippen molar-refractivity contribution in [1.29, 1.82) is 0 Å². The predicted molar refractivity (Wildman–Crippen MR) is 129 cm³/mol. The van der Waals surface area contributed by atoms with Crippen LogP contribution in [0.15, 0.2) is 59.9 Å². The summed E-state index contributed by atoms with van der Waals surface area (Å²) in [7, 11) is 4.02. The highest BCUT2D eigenvalue weighted by molar-refractivity contribution is 14.0. The van der Waals surface area contributed by atoms with Crippen LogP contribution < -0.4 is 15.5 Å². The maximum atomic E-state index is 4.79. The third kappa shape index (κ3) is 5.85. The lowest BCUT2D eigenvalue weighted by Gasteiger charge is -2.15. The van der Waals surface area contributed by atoms with Gasteiger partial charge in [0.15, 0.2) is 5.96 Å². The van der Waals surface area contributed by atoms with E-state index in [-0.39, 0.29) is 24.0 Å². The number of hydrogen-bond acceptors (Lipinski definition) is 3. The fraction of sp³-hybridized carbons (Fsp3) is 0.333. The van der Waals surface area contributed by atoms with Gasteiger partial charge in [-0.15, -0.1) is 24.0 Å². The maximum absolute atomic E-state index is 4.79. The monoisotopic (exact) mass is 492 g/mol. The maximum Gasteiger partial charge on any atom is 0.191 e. The van der Waals surface area contributed by atoms with Crippen LogP contribution >= 0.6 is 24.0 Å². The Morgan fingerprint density at radius 2 is 1.86 bits per heavy atom. The Morgan fingerprint density at radius 3 is 2.57 bits per heavy atom. The number of benzene rings is 1. The van der Waals surface area contributed by atoms with Crippen molar-refractivity contribution >= 4 is 46.7 Å². The molecule has 6 nitrogen and oxygen atoms in total. The molecule has 3 rings (SSSR count). The number of nitrogens with one attached hydrogen (secondary N) is 2. The molecule has 0 spiro atoms. The Balaban J connectivity index is 0.00000280. The minimum absolute atomic E-state index is 0. The van der Waals surface area contributed by atoms with Crippen molar-refractivity contribution < 1.29 is 0 Å². The van der Waals surface area contributed by atoms with Crippen molar-refractivity contribution in [2.24, 2.45) is 4.99 Å². The van der Waals surface area contributed by atoms with E-state index in [1.165, 1.54) is 5.56 Å². The van der Waals surface area contributed by atoms with Crippen LogP contribution in [0.2, 0.25) is 0 Å². The van der Waals surface area contributed by atoms with E-state index in [0.29, 0.717) is 6.54 Å². The van der Waals surface area contributed by atoms with E-state index in [1.807, 2.05) is 43.3 Å². The van der Waals surface area contributed by atoms with E-state index in [2.05, 4.69) is 52.7 Å². The molecule has 1 aromatic carbocycles. The highest BCUT2D eigenvalue weighted by Gasteiger charge is 2.07. The number of pyridine rings is 1. The summed E-state index contributed by atoms with van der Waals surface area (Å²) < 4.78 is 2.15. The summed E-state index contributed by atoms with van der Waals surface area (Å²) in [5.74, 6) is 1.78. The number of guanidine groups is 1. The molecule has 0 amide bonds. The molecule has 0 bridgehead atoms. The van der Waals surface area contributed by atoms with Crippen LogP contribution in [0.4, 0.5) is 5.82 Å².